The minimum absolute atomic E-state index is 0.0878. The zero-order valence-electron chi connectivity index (χ0n) is 92.8. The van der Waals surface area contributed by atoms with Crippen molar-refractivity contribution >= 4 is 118 Å². The Labute approximate surface area is 891 Å². The number of fused-ring (bicyclic) bond motifs is 6. The second kappa shape index (κ2) is 45.4. The number of hydrogen-bond donors (Lipinski definition) is 12. The van der Waals surface area contributed by atoms with Gasteiger partial charge in [0.1, 0.15) is 36.3 Å². The second-order valence-electron chi connectivity index (χ2n) is 54.0. The third-order valence-corrected chi connectivity index (χ3v) is 46.4. The third kappa shape index (κ3) is 26.8. The summed E-state index contributed by atoms with van der Waals surface area (Å²) in [7, 11) is -10.7. The highest BCUT2D eigenvalue weighted by molar-refractivity contribution is 7.93. The number of ketones is 3. The van der Waals surface area contributed by atoms with Crippen LogP contribution in [0.1, 0.15) is 381 Å². The van der Waals surface area contributed by atoms with Crippen LogP contribution in [0.25, 0.3) is 0 Å². The summed E-state index contributed by atoms with van der Waals surface area (Å²) in [5.41, 5.74) is 6.14. The van der Waals surface area contributed by atoms with Crippen molar-refractivity contribution in [3.63, 3.8) is 0 Å². The highest BCUT2D eigenvalue weighted by Crippen LogP contribution is 2.69. The lowest BCUT2D eigenvalue weighted by Crippen LogP contribution is -2.64. The van der Waals surface area contributed by atoms with E-state index in [0.29, 0.717) is 77.4 Å². The van der Waals surface area contributed by atoms with Crippen molar-refractivity contribution in [2.75, 3.05) is 43.4 Å². The van der Waals surface area contributed by atoms with Crippen LogP contribution in [0.2, 0.25) is 0 Å². The molecule has 15 aliphatic rings. The van der Waals surface area contributed by atoms with Crippen LogP contribution in [0.3, 0.4) is 0 Å². The second-order valence-corrected chi connectivity index (χ2v) is 62.2. The molecule has 15 atom stereocenters. The lowest BCUT2D eigenvalue weighted by Gasteiger charge is -2.44. The van der Waals surface area contributed by atoms with Crippen LogP contribution in [0.5, 0.6) is 0 Å². The molecular formula is C111H181N15O21S3. The number of nitrogens with one attached hydrogen (secondary N) is 10. The van der Waals surface area contributed by atoms with E-state index in [-0.39, 0.29) is 112 Å². The van der Waals surface area contributed by atoms with Gasteiger partial charge in [-0.25, -0.2) is 39.6 Å². The quantitative estimate of drug-likeness (QED) is 0.0205. The minimum atomic E-state index is -3.57. The number of Topliss-reactive ketones (excluding diaryl/α,β-unsaturated/α-hetero) is 3. The fourth-order valence-electron chi connectivity index (χ4n) is 27.5. The summed E-state index contributed by atoms with van der Waals surface area (Å²) in [5.74, 6) is -7.72. The Bertz CT molecular complexity index is 5410. The number of rotatable bonds is 36. The number of sulfone groups is 3. The van der Waals surface area contributed by atoms with Crippen molar-refractivity contribution in [3.8, 4) is 0 Å². The number of hydrogen-bond acceptors (Lipinski definition) is 21. The van der Waals surface area contributed by atoms with E-state index in [1.54, 1.807) is 77.0 Å². The minimum Gasteiger partial charge on any atom is -0.363 e. The van der Waals surface area contributed by atoms with Gasteiger partial charge in [-0.1, -0.05) is 177 Å². The predicted octanol–water partition coefficient (Wildman–Crippen LogP) is 11.1. The Morgan fingerprint density at radius 3 is 0.940 bits per heavy atom. The highest BCUT2D eigenvalue weighted by Gasteiger charge is 2.69. The molecule has 844 valence electrons. The summed E-state index contributed by atoms with van der Waals surface area (Å²) < 4.78 is 77.4. The molecule has 150 heavy (non-hydrogen) atoms. The van der Waals surface area contributed by atoms with Crippen LogP contribution in [0, 0.1) is 79.8 Å². The number of likely N-dealkylation sites (tertiary alicyclic amines) is 3. The standard InChI is InChI=1S/C40H65N5O7S.C36H59N5O7S.C35H57N5O7S/c1-7-15-29(31(46)34(48)41-24-8-2)42-33(47)30-27-16-21-39(22-23-39)28(27)25-45(30)35(49)32(38(6)17-11-9-12-18-38)43-36(50)44-40(19-13-10-14-20-40)26-53(51,52)37(3,4)5;1-33(2,3)28(39-32(46)40-36(14-8-7-9-15-36)21-49(47,48)34(4,5)6)31(45)41-20-24-23(13-16-35(24)17-18-35)26(41)30(44)38-25(27(42)29(37)43)19-22-11-10-12-22;1-32(2,3)27(38-31(45)39-35(13-8-7-9-14-35)20-48(46,47)33(4,5)6)30(44)40-19-23-22(12-15-34(23)16-17-34)25(40)29(43)37-24(18-21-10-11-21)26(41)28(36)42/h8,27-30,32H,2,7,9-26H2,1,3-6H3,(H,41,48)(H,42,47)(H2,43,44,50);22-26,28H,7-21H2,1-6H3,(H2,37,43)(H,38,44)(H2,39,40,46);21-25,27H,7-20H2,1-6H3,(H2,36,42)(H,37,43)(H2,38,39,45)/t27-,28-,29?,30-,32+;23-,24-,25?,26-,28+;22-,23-,24?,25-,27+/m000/s1. The van der Waals surface area contributed by atoms with Crippen molar-refractivity contribution in [2.24, 2.45) is 91.3 Å². The van der Waals surface area contributed by atoms with Crippen LogP contribution in [-0.4, -0.2) is 257 Å². The number of nitrogens with two attached hydrogens (primary N) is 2. The Morgan fingerprint density at radius 1 is 0.367 bits per heavy atom. The van der Waals surface area contributed by atoms with Crippen LogP contribution in [-0.2, 0) is 87.0 Å². The van der Waals surface area contributed by atoms with E-state index in [1.165, 1.54) is 6.08 Å². The molecule has 0 aromatic rings. The summed E-state index contributed by atoms with van der Waals surface area (Å²) in [6, 6.07) is -10.4. The summed E-state index contributed by atoms with van der Waals surface area (Å²) in [4.78, 5) is 209. The molecular weight excluding hydrogens is 1980 g/mol. The Morgan fingerprint density at radius 2 is 0.667 bits per heavy atom. The SMILES string of the molecule is C=CCNC(=O)C(=O)C(CCC)NC(=O)[C@@H]1[C@H]2CCC3(CC3)[C@H]2CN1C(=O)[C@@H](NC(=O)NC1(CS(=O)(=O)C(C)(C)C)CCCCC1)C1(C)CCCCC1.CC(C)(C)[C@H](NC(=O)NC1(CS(=O)(=O)C(C)(C)C)CCCCC1)C(=O)N1C[C@H]2[C@H](CCC23CC3)[C@H]1C(=O)NC(CC1CC1)C(=O)C(N)=O.CC(C)(C)[C@H](NC(=O)NC1(CS(=O)(=O)C(C)(C)C)CCCCC1)C(=O)N1C[C@H]2[C@H](CCC23CC3)[C@H]1C(=O)NC(CC1CCC1)C(=O)C(N)=O. The molecule has 0 aromatic carbocycles. The van der Waals surface area contributed by atoms with Crippen LogP contribution in [0.15, 0.2) is 12.7 Å². The van der Waals surface area contributed by atoms with Gasteiger partial charge in [0.25, 0.3) is 17.7 Å². The molecule has 15 rings (SSSR count). The summed E-state index contributed by atoms with van der Waals surface area (Å²) >= 11 is 0. The molecule has 36 nitrogen and oxygen atoms in total. The molecule has 15 fully saturated rings. The molecule has 12 aliphatic carbocycles. The maximum absolute atomic E-state index is 15.1. The van der Waals surface area contributed by atoms with Crippen molar-refractivity contribution in [3.05, 3.63) is 12.7 Å². The molecule has 3 saturated heterocycles. The van der Waals surface area contributed by atoms with E-state index in [4.69, 9.17) is 11.5 Å². The number of carbonyl (C=O) groups excluding carboxylic acids is 15. The van der Waals surface area contributed by atoms with Gasteiger partial charge in [0.15, 0.2) is 29.5 Å². The lowest BCUT2D eigenvalue weighted by molar-refractivity contribution is -0.145. The third-order valence-electron chi connectivity index (χ3n) is 38.0. The van der Waals surface area contributed by atoms with Crippen LogP contribution >= 0.6 is 0 Å². The molecule has 14 N–H and O–H groups in total. The monoisotopic (exact) mass is 2160 g/mol. The molecule has 3 spiro atoms. The van der Waals surface area contributed by atoms with Crippen LogP contribution < -0.4 is 64.6 Å². The van der Waals surface area contributed by atoms with Gasteiger partial charge in [0.05, 0.1) is 66.2 Å². The van der Waals surface area contributed by atoms with Gasteiger partial charge >= 0.3 is 18.1 Å². The van der Waals surface area contributed by atoms with Gasteiger partial charge in [-0.2, -0.15) is 0 Å². The maximum Gasteiger partial charge on any atom is 0.315 e. The first-order chi connectivity index (χ1) is 69.8. The van der Waals surface area contributed by atoms with Crippen molar-refractivity contribution in [1.82, 2.24) is 67.9 Å². The van der Waals surface area contributed by atoms with E-state index in [1.807, 2.05) is 55.4 Å². The van der Waals surface area contributed by atoms with Gasteiger partial charge in [-0.3, -0.25) is 57.5 Å². The van der Waals surface area contributed by atoms with E-state index >= 15 is 4.79 Å². The Hall–Kier alpha value is -8.36. The first-order valence-electron chi connectivity index (χ1n) is 56.6. The normalized spacial score (nSPS) is 27.2. The maximum atomic E-state index is 15.1. The average molecular weight is 2160 g/mol. The van der Waals surface area contributed by atoms with E-state index in [0.717, 1.165) is 199 Å². The van der Waals surface area contributed by atoms with Gasteiger partial charge in [-0.15, -0.1) is 6.58 Å². The van der Waals surface area contributed by atoms with Gasteiger partial charge < -0.3 is 79.3 Å². The van der Waals surface area contributed by atoms with Crippen molar-refractivity contribution in [1.29, 1.82) is 0 Å². The average Bonchev–Trinajstić information content (AvgIpc) is 1.55. The molecule has 12 saturated carbocycles. The van der Waals surface area contributed by atoms with E-state index in [9.17, 15) is 92.4 Å². The summed E-state index contributed by atoms with van der Waals surface area (Å²) in [6.45, 7) is 34.9. The Kier molecular flexibility index (Phi) is 36.0. The molecule has 0 radical (unpaired) electrons. The molecule has 3 unspecified atom stereocenters. The summed E-state index contributed by atoms with van der Waals surface area (Å²) in [6.07, 6.45) is 34.5. The molecule has 3 aliphatic heterocycles. The number of nitrogens with zero attached hydrogens (tertiary/aromatic N) is 3. The fraction of sp³-hybridized carbons (Fsp3) is 0.847. The number of carbonyl (C=O) groups is 15. The fourth-order valence-corrected chi connectivity index (χ4v) is 32.1. The van der Waals surface area contributed by atoms with Gasteiger partial charge in [0.2, 0.25) is 52.8 Å². The first kappa shape index (κ1) is 119. The zero-order chi connectivity index (χ0) is 110. The van der Waals surface area contributed by atoms with Crippen molar-refractivity contribution < 1.29 is 97.2 Å². The lowest BCUT2D eigenvalue weighted by atomic mass is 9.70. The number of amides is 15. The molecule has 3 heterocycles. The van der Waals surface area contributed by atoms with Gasteiger partial charge in [0, 0.05) is 26.2 Å². The molecule has 15 amide bonds. The molecule has 39 heteroatoms. The van der Waals surface area contributed by atoms with Gasteiger partial charge in [-0.05, 0) is 290 Å². The topological polar surface area (TPSA) is 541 Å². The highest BCUT2D eigenvalue weighted by atomic mass is 32.2. The largest absolute Gasteiger partial charge is 0.363 e. The first-order valence-corrected chi connectivity index (χ1v) is 61.6. The number of urea groups is 3. The number of primary amides is 2. The van der Waals surface area contributed by atoms with Crippen molar-refractivity contribution in [2.45, 2.75) is 466 Å². The van der Waals surface area contributed by atoms with E-state index in [2.05, 4.69) is 59.7 Å². The Balaban J connectivity index is 0.000000188. The van der Waals surface area contributed by atoms with Crippen LogP contribution in [0.4, 0.5) is 14.4 Å². The smallest absolute Gasteiger partial charge is 0.315 e. The molecule has 0 aromatic heterocycles. The van der Waals surface area contributed by atoms with E-state index < -0.39 is 202 Å². The zero-order valence-corrected chi connectivity index (χ0v) is 95.3. The summed E-state index contributed by atoms with van der Waals surface area (Å²) in [5, 5.41) is 29.2. The predicted molar refractivity (Wildman–Crippen MR) is 571 cm³/mol. The molecule has 0 bridgehead atoms.